The minimum absolute atomic E-state index is 0.121. The Balaban J connectivity index is 1.40. The highest BCUT2D eigenvalue weighted by molar-refractivity contribution is 8.18. The maximum absolute atomic E-state index is 12.8. The summed E-state index contributed by atoms with van der Waals surface area (Å²) in [4.78, 5) is 39.2. The lowest BCUT2D eigenvalue weighted by atomic mass is 9.99. The van der Waals surface area contributed by atoms with Gasteiger partial charge in [0.05, 0.1) is 4.91 Å². The van der Waals surface area contributed by atoms with E-state index in [1.54, 1.807) is 12.1 Å². The average molecular weight is 429 g/mol. The molecule has 0 spiro atoms. The summed E-state index contributed by atoms with van der Waals surface area (Å²) >= 11 is 0.917. The summed E-state index contributed by atoms with van der Waals surface area (Å²) in [7, 11) is 0. The quantitative estimate of drug-likeness (QED) is 0.572. The van der Waals surface area contributed by atoms with Crippen LogP contribution in [0.2, 0.25) is 0 Å². The van der Waals surface area contributed by atoms with Gasteiger partial charge in [-0.05, 0) is 40.6 Å². The van der Waals surface area contributed by atoms with E-state index in [1.165, 1.54) is 4.90 Å². The zero-order valence-corrected chi connectivity index (χ0v) is 17.5. The highest BCUT2D eigenvalue weighted by Gasteiger charge is 2.34. The van der Waals surface area contributed by atoms with Crippen LogP contribution in [0.1, 0.15) is 15.9 Å². The minimum Gasteiger partial charge on any atom is -0.350 e. The predicted octanol–water partition coefficient (Wildman–Crippen LogP) is 4.82. The van der Waals surface area contributed by atoms with E-state index in [9.17, 15) is 14.4 Å². The van der Waals surface area contributed by atoms with Crippen molar-refractivity contribution in [1.82, 2.24) is 10.2 Å². The first kappa shape index (κ1) is 20.6. The van der Waals surface area contributed by atoms with E-state index in [-0.39, 0.29) is 30.1 Å². The molecule has 1 saturated heterocycles. The summed E-state index contributed by atoms with van der Waals surface area (Å²) in [5.74, 6) is -0.580. The Hall–Kier alpha value is -3.64. The molecule has 3 amide bonds. The molecule has 0 bridgehead atoms. The van der Waals surface area contributed by atoms with Crippen molar-refractivity contribution in [2.24, 2.45) is 0 Å². The lowest BCUT2D eigenvalue weighted by Gasteiger charge is -2.14. The molecular formula is C25H20N2O3S. The number of hydrogen-bond donors (Lipinski definition) is 1. The molecule has 1 fully saturated rings. The number of nitrogens with one attached hydrogen (secondary N) is 1. The zero-order chi connectivity index (χ0) is 21.6. The number of rotatable bonds is 6. The van der Waals surface area contributed by atoms with Gasteiger partial charge in [0, 0.05) is 18.7 Å². The van der Waals surface area contributed by atoms with Crippen LogP contribution in [0.4, 0.5) is 4.79 Å². The predicted molar refractivity (Wildman–Crippen MR) is 123 cm³/mol. The Morgan fingerprint density at radius 3 is 2.26 bits per heavy atom. The second-order valence-electron chi connectivity index (χ2n) is 6.91. The van der Waals surface area contributed by atoms with Crippen LogP contribution in [0.15, 0.2) is 89.8 Å². The molecule has 1 heterocycles. The number of nitrogens with zero attached hydrogens (tertiary/aromatic N) is 1. The van der Waals surface area contributed by atoms with Crippen molar-refractivity contribution in [3.8, 4) is 11.1 Å². The molecule has 5 nitrogen and oxygen atoms in total. The van der Waals surface area contributed by atoms with E-state index in [2.05, 4.69) is 5.32 Å². The first-order valence-electron chi connectivity index (χ1n) is 9.86. The summed E-state index contributed by atoms with van der Waals surface area (Å²) in [6.45, 7) is 0.300. The van der Waals surface area contributed by atoms with Crippen LogP contribution in [-0.2, 0) is 4.79 Å². The van der Waals surface area contributed by atoms with E-state index in [4.69, 9.17) is 0 Å². The summed E-state index contributed by atoms with van der Waals surface area (Å²) < 4.78 is 0. The van der Waals surface area contributed by atoms with Gasteiger partial charge in [-0.2, -0.15) is 0 Å². The van der Waals surface area contributed by atoms with Gasteiger partial charge in [0.15, 0.2) is 0 Å². The molecule has 4 rings (SSSR count). The van der Waals surface area contributed by atoms with E-state index in [1.807, 2.05) is 78.9 Å². The molecule has 1 aliphatic rings. The van der Waals surface area contributed by atoms with E-state index in [0.29, 0.717) is 10.5 Å². The van der Waals surface area contributed by atoms with Crippen molar-refractivity contribution < 1.29 is 14.4 Å². The van der Waals surface area contributed by atoms with Crippen LogP contribution < -0.4 is 5.32 Å². The summed E-state index contributed by atoms with van der Waals surface area (Å²) in [5.41, 5.74) is 3.19. The minimum atomic E-state index is -0.335. The highest BCUT2D eigenvalue weighted by atomic mass is 32.2. The van der Waals surface area contributed by atoms with Gasteiger partial charge in [-0.1, -0.05) is 78.9 Å². The smallest absolute Gasteiger partial charge is 0.293 e. The summed E-state index contributed by atoms with van der Waals surface area (Å²) in [5, 5.41) is 2.50. The van der Waals surface area contributed by atoms with Gasteiger partial charge >= 0.3 is 0 Å². The molecule has 6 heteroatoms. The number of carbonyl (C=O) groups is 3. The lowest BCUT2D eigenvalue weighted by Crippen LogP contribution is -2.37. The fourth-order valence-corrected chi connectivity index (χ4v) is 4.19. The Morgan fingerprint density at radius 2 is 1.52 bits per heavy atom. The number of amides is 3. The van der Waals surface area contributed by atoms with Crippen molar-refractivity contribution in [2.45, 2.75) is 0 Å². The van der Waals surface area contributed by atoms with Crippen LogP contribution in [0.5, 0.6) is 0 Å². The average Bonchev–Trinajstić information content (AvgIpc) is 3.07. The Labute approximate surface area is 184 Å². The molecule has 0 unspecified atom stereocenters. The largest absolute Gasteiger partial charge is 0.350 e. The number of benzene rings is 3. The van der Waals surface area contributed by atoms with Crippen molar-refractivity contribution in [3.05, 3.63) is 101 Å². The maximum atomic E-state index is 12.8. The normalized spacial score (nSPS) is 14.8. The van der Waals surface area contributed by atoms with Gasteiger partial charge in [-0.3, -0.25) is 19.3 Å². The number of thioether (sulfide) groups is 1. The van der Waals surface area contributed by atoms with E-state index < -0.39 is 0 Å². The molecule has 0 saturated carbocycles. The standard InChI is InChI=1S/C25H20N2O3S/c28-23(21-14-8-7-13-20(21)19-11-5-2-6-12-19)26-15-16-27-24(29)22(31-25(27)30)17-18-9-3-1-4-10-18/h1-14,17H,15-16H2,(H,26,28). The molecule has 154 valence electrons. The van der Waals surface area contributed by atoms with Gasteiger partial charge in [0.2, 0.25) is 0 Å². The van der Waals surface area contributed by atoms with E-state index in [0.717, 1.165) is 28.5 Å². The Kier molecular flexibility index (Phi) is 6.29. The second kappa shape index (κ2) is 9.45. The SMILES string of the molecule is O=C(NCCN1C(=O)SC(=Cc2ccccc2)C1=O)c1ccccc1-c1ccccc1. The zero-order valence-electron chi connectivity index (χ0n) is 16.7. The molecule has 0 radical (unpaired) electrons. The van der Waals surface area contributed by atoms with Crippen LogP contribution in [0, 0.1) is 0 Å². The van der Waals surface area contributed by atoms with E-state index >= 15 is 0 Å². The Bertz CT molecular complexity index is 1140. The molecule has 1 aliphatic heterocycles. The fraction of sp³-hybridized carbons (Fsp3) is 0.0800. The topological polar surface area (TPSA) is 66.5 Å². The summed E-state index contributed by atoms with van der Waals surface area (Å²) in [6, 6.07) is 26.4. The first-order chi connectivity index (χ1) is 15.1. The molecular weight excluding hydrogens is 408 g/mol. The first-order valence-corrected chi connectivity index (χ1v) is 10.7. The maximum Gasteiger partial charge on any atom is 0.293 e. The Morgan fingerprint density at radius 1 is 0.871 bits per heavy atom. The van der Waals surface area contributed by atoms with Crippen LogP contribution in [0.3, 0.4) is 0 Å². The molecule has 0 aliphatic carbocycles. The van der Waals surface area contributed by atoms with Crippen molar-refractivity contribution in [3.63, 3.8) is 0 Å². The number of hydrogen-bond acceptors (Lipinski definition) is 4. The molecule has 3 aromatic carbocycles. The van der Waals surface area contributed by atoms with Gasteiger partial charge in [0.25, 0.3) is 17.1 Å². The third-order valence-corrected chi connectivity index (χ3v) is 5.76. The summed E-state index contributed by atoms with van der Waals surface area (Å²) in [6.07, 6.45) is 1.71. The van der Waals surface area contributed by atoms with Gasteiger partial charge in [-0.25, -0.2) is 0 Å². The van der Waals surface area contributed by atoms with Gasteiger partial charge in [-0.15, -0.1) is 0 Å². The van der Waals surface area contributed by atoms with Crippen molar-refractivity contribution >= 4 is 34.9 Å². The van der Waals surface area contributed by atoms with Crippen molar-refractivity contribution in [2.75, 3.05) is 13.1 Å². The van der Waals surface area contributed by atoms with Crippen LogP contribution >= 0.6 is 11.8 Å². The van der Waals surface area contributed by atoms with Crippen LogP contribution in [-0.4, -0.2) is 35.0 Å². The molecule has 0 aromatic heterocycles. The third-order valence-electron chi connectivity index (χ3n) is 4.85. The van der Waals surface area contributed by atoms with Crippen molar-refractivity contribution in [1.29, 1.82) is 0 Å². The number of imide groups is 1. The second-order valence-corrected chi connectivity index (χ2v) is 7.90. The monoisotopic (exact) mass is 428 g/mol. The molecule has 3 aromatic rings. The van der Waals surface area contributed by atoms with Crippen LogP contribution in [0.25, 0.3) is 17.2 Å². The van der Waals surface area contributed by atoms with Gasteiger partial charge < -0.3 is 5.32 Å². The molecule has 31 heavy (non-hydrogen) atoms. The third kappa shape index (κ3) is 4.75. The fourth-order valence-electron chi connectivity index (χ4n) is 3.32. The highest BCUT2D eigenvalue weighted by Crippen LogP contribution is 2.31. The molecule has 0 atom stereocenters. The lowest BCUT2D eigenvalue weighted by molar-refractivity contribution is -0.122. The molecule has 1 N–H and O–H groups in total. The number of carbonyl (C=O) groups excluding carboxylic acids is 3. The van der Waals surface area contributed by atoms with Gasteiger partial charge in [0.1, 0.15) is 0 Å².